The quantitative estimate of drug-likeness (QED) is 0.430. The molecule has 0 amide bonds. The fourth-order valence-electron chi connectivity index (χ4n) is 0. The van der Waals surface area contributed by atoms with E-state index in [1.165, 1.54) is 0 Å². The Hall–Kier alpha value is 1.38. The number of hydrogen-bond donors (Lipinski definition) is 0. The maximum atomic E-state index is 8.06. The molecular weight excluding hydrogens is 131 g/mol. The van der Waals surface area contributed by atoms with Gasteiger partial charge in [0.1, 0.15) is 0 Å². The monoisotopic (exact) mass is 133 g/mol. The van der Waals surface area contributed by atoms with Crippen LogP contribution in [0.3, 0.4) is 0 Å². The van der Waals surface area contributed by atoms with Crippen molar-refractivity contribution >= 4 is 35.5 Å². The standard InChI is InChI=1S/ClH.Mg.Mn.O.2H/h1H;;;;;/q;+2;;;2*-1. The zero-order chi connectivity index (χ0) is 2.00. The fraction of sp³-hybridized carbons (Fsp3) is 0. The van der Waals surface area contributed by atoms with Crippen molar-refractivity contribution in [1.29, 1.82) is 0 Å². The molecule has 25 valence electrons. The summed E-state index contributed by atoms with van der Waals surface area (Å²) in [6.07, 6.45) is 0. The average molecular weight is 134 g/mol. The molecule has 0 unspecified atom stereocenters. The van der Waals surface area contributed by atoms with Crippen LogP contribution in [0.15, 0.2) is 0 Å². The van der Waals surface area contributed by atoms with E-state index in [4.69, 9.17) is 3.83 Å². The first-order valence-corrected chi connectivity index (χ1v) is 0.636. The van der Waals surface area contributed by atoms with Gasteiger partial charge in [0.25, 0.3) is 0 Å². The molecule has 0 heterocycles. The third kappa shape index (κ3) is 10.1. The van der Waals surface area contributed by atoms with Crippen LogP contribution in [0.5, 0.6) is 0 Å². The molecule has 4 heavy (non-hydrogen) atoms. The van der Waals surface area contributed by atoms with Gasteiger partial charge in [0, 0.05) is 0 Å². The summed E-state index contributed by atoms with van der Waals surface area (Å²) < 4.78 is 8.06. The van der Waals surface area contributed by atoms with E-state index in [9.17, 15) is 0 Å². The third-order valence-electron chi connectivity index (χ3n) is 0. The molecule has 0 atom stereocenters. The van der Waals surface area contributed by atoms with Crippen LogP contribution in [-0.2, 0) is 19.8 Å². The predicted molar refractivity (Wildman–Crippen MR) is 15.9 cm³/mol. The molecule has 0 bridgehead atoms. The topological polar surface area (TPSA) is 17.1 Å². The van der Waals surface area contributed by atoms with Gasteiger partial charge in [-0.2, -0.15) is 0 Å². The molecular formula is H3ClMgMnO. The molecule has 0 aliphatic carbocycles. The van der Waals surface area contributed by atoms with Crippen molar-refractivity contribution < 1.29 is 22.6 Å². The molecule has 4 heteroatoms. The van der Waals surface area contributed by atoms with Crippen LogP contribution in [0.25, 0.3) is 0 Å². The SMILES string of the molecule is Cl.[H-].[H-].[Mg+2].[O]=[Mn]. The summed E-state index contributed by atoms with van der Waals surface area (Å²) in [5.41, 5.74) is 0. The Labute approximate surface area is 58.1 Å². The summed E-state index contributed by atoms with van der Waals surface area (Å²) in [4.78, 5) is 0. The van der Waals surface area contributed by atoms with Crippen molar-refractivity contribution in [2.75, 3.05) is 0 Å². The number of hydrogen-bond acceptors (Lipinski definition) is 1. The fourth-order valence-corrected chi connectivity index (χ4v) is 0. The third-order valence-corrected chi connectivity index (χ3v) is 0. The molecule has 0 aromatic rings. The molecule has 0 rings (SSSR count). The normalized spacial score (nSPS) is 1.00. The van der Waals surface area contributed by atoms with Crippen molar-refractivity contribution in [2.24, 2.45) is 0 Å². The summed E-state index contributed by atoms with van der Waals surface area (Å²) in [6, 6.07) is 0. The minimum absolute atomic E-state index is 0. The van der Waals surface area contributed by atoms with Gasteiger partial charge < -0.3 is 2.85 Å². The first kappa shape index (κ1) is 18.2. The predicted octanol–water partition coefficient (Wildman–Crippen LogP) is 0.145. The van der Waals surface area contributed by atoms with E-state index in [2.05, 4.69) is 0 Å². The molecule has 0 aliphatic heterocycles. The second-order valence-electron chi connectivity index (χ2n) is 0. The summed E-state index contributed by atoms with van der Waals surface area (Å²) in [5.74, 6) is 0. The second kappa shape index (κ2) is 26.3. The van der Waals surface area contributed by atoms with E-state index in [0.29, 0.717) is 0 Å². The van der Waals surface area contributed by atoms with Crippen LogP contribution in [0.4, 0.5) is 0 Å². The zero-order valence-corrected chi connectivity index (χ0v) is 5.31. The van der Waals surface area contributed by atoms with Crippen molar-refractivity contribution in [2.45, 2.75) is 0 Å². The van der Waals surface area contributed by atoms with Gasteiger partial charge in [-0.05, 0) is 0 Å². The second-order valence-corrected chi connectivity index (χ2v) is 0. The molecule has 0 aromatic heterocycles. The van der Waals surface area contributed by atoms with Gasteiger partial charge >= 0.3 is 42.8 Å². The molecule has 0 aliphatic rings. The molecule has 0 fully saturated rings. The van der Waals surface area contributed by atoms with Crippen LogP contribution in [-0.4, -0.2) is 23.1 Å². The summed E-state index contributed by atoms with van der Waals surface area (Å²) in [6.45, 7) is 0. The van der Waals surface area contributed by atoms with Gasteiger partial charge in [-0.3, -0.25) is 0 Å². The average Bonchev–Trinajstić information content (AvgIpc) is 1.00. The van der Waals surface area contributed by atoms with Crippen molar-refractivity contribution in [3.05, 3.63) is 0 Å². The summed E-state index contributed by atoms with van der Waals surface area (Å²) >= 11 is 1.69. The van der Waals surface area contributed by atoms with E-state index < -0.39 is 0 Å². The Balaban J connectivity index is -0.000000000833. The molecule has 1 nitrogen and oxygen atoms in total. The first-order chi connectivity index (χ1) is 1.00. The molecule has 0 N–H and O–H groups in total. The van der Waals surface area contributed by atoms with Gasteiger partial charge in [-0.1, -0.05) is 0 Å². The molecule has 0 saturated carbocycles. The van der Waals surface area contributed by atoms with E-state index in [-0.39, 0.29) is 38.3 Å². The van der Waals surface area contributed by atoms with E-state index in [0.717, 1.165) is 0 Å². The van der Waals surface area contributed by atoms with Crippen LogP contribution in [0, 0.1) is 0 Å². The molecule has 0 spiro atoms. The minimum atomic E-state index is 0. The van der Waals surface area contributed by atoms with Gasteiger partial charge in [0.05, 0.1) is 0 Å². The Morgan fingerprint density at radius 1 is 1.50 bits per heavy atom. The Bertz CT molecular complexity index is 13.5. The van der Waals surface area contributed by atoms with Gasteiger partial charge in [-0.15, -0.1) is 12.4 Å². The molecule has 0 saturated heterocycles. The molecule has 0 aromatic carbocycles. The summed E-state index contributed by atoms with van der Waals surface area (Å²) in [5, 5.41) is 0. The Morgan fingerprint density at radius 2 is 1.50 bits per heavy atom. The number of halogens is 1. The number of rotatable bonds is 0. The maximum absolute atomic E-state index is 8.06. The van der Waals surface area contributed by atoms with E-state index >= 15 is 0 Å². The van der Waals surface area contributed by atoms with Crippen LogP contribution in [0.1, 0.15) is 2.85 Å². The zero-order valence-electron chi connectivity index (χ0n) is 3.90. The molecule has 0 radical (unpaired) electrons. The van der Waals surface area contributed by atoms with E-state index in [1.54, 1.807) is 15.9 Å². The van der Waals surface area contributed by atoms with Crippen molar-refractivity contribution in [1.82, 2.24) is 0 Å². The van der Waals surface area contributed by atoms with Crippen molar-refractivity contribution in [3.63, 3.8) is 0 Å². The van der Waals surface area contributed by atoms with Gasteiger partial charge in [0.15, 0.2) is 0 Å². The van der Waals surface area contributed by atoms with Crippen LogP contribution >= 0.6 is 12.4 Å². The van der Waals surface area contributed by atoms with Gasteiger partial charge in [-0.25, -0.2) is 0 Å². The Morgan fingerprint density at radius 3 is 1.50 bits per heavy atom. The summed E-state index contributed by atoms with van der Waals surface area (Å²) in [7, 11) is 0. The van der Waals surface area contributed by atoms with Crippen molar-refractivity contribution in [3.8, 4) is 0 Å². The van der Waals surface area contributed by atoms with Crippen LogP contribution in [0.2, 0.25) is 0 Å². The first-order valence-electron chi connectivity index (χ1n) is 0.154. The van der Waals surface area contributed by atoms with Crippen LogP contribution < -0.4 is 0 Å². The Kier molecular flexibility index (Phi) is 120. The van der Waals surface area contributed by atoms with Gasteiger partial charge in [0.2, 0.25) is 0 Å². The van der Waals surface area contributed by atoms with E-state index in [1.807, 2.05) is 0 Å².